The summed E-state index contributed by atoms with van der Waals surface area (Å²) in [6.45, 7) is 1.48. The summed E-state index contributed by atoms with van der Waals surface area (Å²) < 4.78 is 39.2. The van der Waals surface area contributed by atoms with Gasteiger partial charge in [0.25, 0.3) is 5.91 Å². The third-order valence-electron chi connectivity index (χ3n) is 5.08. The molecule has 0 aliphatic carbocycles. The number of hydrazone groups is 1. The van der Waals surface area contributed by atoms with Crippen molar-refractivity contribution in [3.8, 4) is 11.5 Å². The maximum absolute atomic E-state index is 13.4. The maximum atomic E-state index is 13.4. The van der Waals surface area contributed by atoms with Crippen molar-refractivity contribution < 1.29 is 22.7 Å². The summed E-state index contributed by atoms with van der Waals surface area (Å²) >= 11 is 3.37. The number of aryl methyl sites for hydroxylation is 1. The van der Waals surface area contributed by atoms with E-state index in [-0.39, 0.29) is 11.4 Å². The first-order valence-corrected chi connectivity index (χ1v) is 12.8. The van der Waals surface area contributed by atoms with Gasteiger partial charge in [0.05, 0.1) is 31.9 Å². The van der Waals surface area contributed by atoms with Gasteiger partial charge in [0.1, 0.15) is 11.5 Å². The first kappa shape index (κ1) is 26.4. The lowest BCUT2D eigenvalue weighted by Gasteiger charge is -2.21. The number of amides is 1. The molecule has 0 unspecified atom stereocenters. The van der Waals surface area contributed by atoms with Gasteiger partial charge in [-0.2, -0.15) is 9.41 Å². The van der Waals surface area contributed by atoms with Gasteiger partial charge in [0.15, 0.2) is 0 Å². The van der Waals surface area contributed by atoms with Crippen LogP contribution in [0.3, 0.4) is 0 Å². The van der Waals surface area contributed by atoms with Crippen molar-refractivity contribution in [2.24, 2.45) is 5.10 Å². The van der Waals surface area contributed by atoms with E-state index in [2.05, 4.69) is 26.5 Å². The number of halogens is 1. The molecule has 1 amide bonds. The first-order valence-electron chi connectivity index (χ1n) is 10.6. The third-order valence-corrected chi connectivity index (χ3v) is 7.42. The summed E-state index contributed by atoms with van der Waals surface area (Å²) in [5.74, 6) is 0.552. The molecule has 0 saturated carbocycles. The molecule has 3 aromatic rings. The van der Waals surface area contributed by atoms with Crippen LogP contribution in [0.25, 0.3) is 0 Å². The van der Waals surface area contributed by atoms with Crippen molar-refractivity contribution in [1.29, 1.82) is 0 Å². The van der Waals surface area contributed by atoms with E-state index in [9.17, 15) is 13.2 Å². The highest BCUT2D eigenvalue weighted by atomic mass is 79.9. The molecular formula is C25H26BrN3O5S. The molecule has 0 aliphatic heterocycles. The van der Waals surface area contributed by atoms with Crippen LogP contribution >= 0.6 is 15.9 Å². The van der Waals surface area contributed by atoms with E-state index in [1.807, 2.05) is 19.1 Å². The first-order chi connectivity index (χ1) is 16.7. The van der Waals surface area contributed by atoms with Crippen molar-refractivity contribution in [3.05, 3.63) is 87.9 Å². The highest BCUT2D eigenvalue weighted by Crippen LogP contribution is 2.23. The minimum atomic E-state index is -3.94. The molecule has 0 fully saturated rings. The quantitative estimate of drug-likeness (QED) is 0.297. The van der Waals surface area contributed by atoms with Crippen LogP contribution in [-0.4, -0.2) is 45.6 Å². The van der Waals surface area contributed by atoms with E-state index in [0.717, 1.165) is 19.9 Å². The number of hydrogen-bond donors (Lipinski definition) is 1. The van der Waals surface area contributed by atoms with Crippen molar-refractivity contribution in [3.63, 3.8) is 0 Å². The van der Waals surface area contributed by atoms with E-state index >= 15 is 0 Å². The zero-order valence-electron chi connectivity index (χ0n) is 19.6. The number of nitrogens with zero attached hydrogens (tertiary/aromatic N) is 2. The Bertz CT molecular complexity index is 1290. The Morgan fingerprint density at radius 2 is 1.71 bits per heavy atom. The normalized spacial score (nSPS) is 11.6. The number of sulfonamides is 1. The van der Waals surface area contributed by atoms with Crippen LogP contribution in [-0.2, 0) is 21.4 Å². The molecule has 184 valence electrons. The lowest BCUT2D eigenvalue weighted by molar-refractivity contribution is -0.121. The number of rotatable bonds is 10. The second-order valence-electron chi connectivity index (χ2n) is 7.61. The van der Waals surface area contributed by atoms with Gasteiger partial charge in [-0.05, 0) is 48.9 Å². The summed E-state index contributed by atoms with van der Waals surface area (Å²) in [6.07, 6.45) is 1.42. The summed E-state index contributed by atoms with van der Waals surface area (Å²) in [5, 5.41) is 3.97. The zero-order chi connectivity index (χ0) is 25.4. The molecule has 0 atom stereocenters. The molecule has 3 aromatic carbocycles. The molecule has 0 bridgehead atoms. The minimum Gasteiger partial charge on any atom is -0.497 e. The summed E-state index contributed by atoms with van der Waals surface area (Å²) in [5.41, 5.74) is 4.69. The molecule has 1 N–H and O–H groups in total. The molecule has 8 nitrogen and oxygen atoms in total. The summed E-state index contributed by atoms with van der Waals surface area (Å²) in [6, 6.07) is 18.9. The Balaban J connectivity index is 1.79. The third kappa shape index (κ3) is 7.14. The zero-order valence-corrected chi connectivity index (χ0v) is 22.0. The number of carbonyl (C=O) groups is 1. The standard InChI is InChI=1S/C25H26BrN3O5S/c1-18-4-12-23(13-5-18)35(31,32)29(16-19-6-9-21(26)10-7-19)17-25(30)28-27-15-20-8-11-22(33-2)14-24(20)34-3/h4-15H,16-17H2,1-3H3,(H,28,30)/b27-15-. The van der Waals surface area contributed by atoms with Crippen molar-refractivity contribution in [2.45, 2.75) is 18.4 Å². The maximum Gasteiger partial charge on any atom is 0.255 e. The second-order valence-corrected chi connectivity index (χ2v) is 10.5. The monoisotopic (exact) mass is 559 g/mol. The molecule has 0 saturated heterocycles. The topological polar surface area (TPSA) is 97.3 Å². The average Bonchev–Trinajstić information content (AvgIpc) is 2.85. The molecule has 35 heavy (non-hydrogen) atoms. The van der Waals surface area contributed by atoms with Gasteiger partial charge in [-0.15, -0.1) is 0 Å². The van der Waals surface area contributed by atoms with Gasteiger partial charge in [-0.1, -0.05) is 45.8 Å². The van der Waals surface area contributed by atoms with Gasteiger partial charge >= 0.3 is 0 Å². The fourth-order valence-corrected chi connectivity index (χ4v) is 4.82. The second kappa shape index (κ2) is 12.0. The Hall–Kier alpha value is -3.21. The van der Waals surface area contributed by atoms with E-state index in [4.69, 9.17) is 9.47 Å². The Kier molecular flexibility index (Phi) is 9.02. The van der Waals surface area contributed by atoms with E-state index in [1.54, 1.807) is 49.6 Å². The summed E-state index contributed by atoms with van der Waals surface area (Å²) in [7, 11) is -0.878. The summed E-state index contributed by atoms with van der Waals surface area (Å²) in [4.78, 5) is 12.8. The average molecular weight is 560 g/mol. The molecule has 0 aliphatic rings. The number of methoxy groups -OCH3 is 2. The number of hydrogen-bond acceptors (Lipinski definition) is 6. The van der Waals surface area contributed by atoms with Crippen LogP contribution < -0.4 is 14.9 Å². The Morgan fingerprint density at radius 3 is 2.34 bits per heavy atom. The SMILES string of the molecule is COc1ccc(/C=N\NC(=O)CN(Cc2ccc(Br)cc2)S(=O)(=O)c2ccc(C)cc2)c(OC)c1. The van der Waals surface area contributed by atoms with Crippen LogP contribution in [0.5, 0.6) is 11.5 Å². The molecule has 10 heteroatoms. The largest absolute Gasteiger partial charge is 0.497 e. The van der Waals surface area contributed by atoms with Gasteiger partial charge in [-0.3, -0.25) is 4.79 Å². The van der Waals surface area contributed by atoms with E-state index < -0.39 is 22.5 Å². The van der Waals surface area contributed by atoms with Gasteiger partial charge in [0.2, 0.25) is 10.0 Å². The number of ether oxygens (including phenoxy) is 2. The van der Waals surface area contributed by atoms with Crippen molar-refractivity contribution in [1.82, 2.24) is 9.73 Å². The minimum absolute atomic E-state index is 0.0208. The molecule has 0 spiro atoms. The highest BCUT2D eigenvalue weighted by molar-refractivity contribution is 9.10. The lowest BCUT2D eigenvalue weighted by Crippen LogP contribution is -2.39. The predicted octanol–water partition coefficient (Wildman–Crippen LogP) is 4.12. The Morgan fingerprint density at radius 1 is 1.03 bits per heavy atom. The lowest BCUT2D eigenvalue weighted by atomic mass is 10.2. The van der Waals surface area contributed by atoms with Crippen molar-refractivity contribution >= 4 is 38.1 Å². The molecular weight excluding hydrogens is 534 g/mol. The molecule has 0 aromatic heterocycles. The highest BCUT2D eigenvalue weighted by Gasteiger charge is 2.27. The van der Waals surface area contributed by atoms with E-state index in [1.165, 1.54) is 25.5 Å². The number of nitrogens with one attached hydrogen (secondary N) is 1. The van der Waals surface area contributed by atoms with Gasteiger partial charge in [0, 0.05) is 22.6 Å². The van der Waals surface area contributed by atoms with E-state index in [0.29, 0.717) is 17.1 Å². The smallest absolute Gasteiger partial charge is 0.255 e. The Labute approximate surface area is 213 Å². The number of carbonyl (C=O) groups excluding carboxylic acids is 1. The van der Waals surface area contributed by atoms with Crippen LogP contribution in [0, 0.1) is 6.92 Å². The van der Waals surface area contributed by atoms with Gasteiger partial charge in [-0.25, -0.2) is 13.8 Å². The number of benzene rings is 3. The van der Waals surface area contributed by atoms with Crippen LogP contribution in [0.4, 0.5) is 0 Å². The molecule has 3 rings (SSSR count). The van der Waals surface area contributed by atoms with Crippen LogP contribution in [0.2, 0.25) is 0 Å². The fourth-order valence-electron chi connectivity index (χ4n) is 3.17. The molecule has 0 heterocycles. The fraction of sp³-hybridized carbons (Fsp3) is 0.200. The van der Waals surface area contributed by atoms with Gasteiger partial charge < -0.3 is 9.47 Å². The van der Waals surface area contributed by atoms with Crippen LogP contribution in [0.15, 0.2) is 81.2 Å². The van der Waals surface area contributed by atoms with Crippen LogP contribution in [0.1, 0.15) is 16.7 Å². The van der Waals surface area contributed by atoms with Crippen molar-refractivity contribution in [2.75, 3.05) is 20.8 Å². The predicted molar refractivity (Wildman–Crippen MR) is 138 cm³/mol. The molecule has 0 radical (unpaired) electrons.